The van der Waals surface area contributed by atoms with Crippen LogP contribution in [0.3, 0.4) is 0 Å². The van der Waals surface area contributed by atoms with E-state index in [-0.39, 0.29) is 24.2 Å². The summed E-state index contributed by atoms with van der Waals surface area (Å²) in [5, 5.41) is 0. The predicted octanol–water partition coefficient (Wildman–Crippen LogP) is 4.21. The van der Waals surface area contributed by atoms with E-state index in [0.29, 0.717) is 48.4 Å². The number of hydrogen-bond acceptors (Lipinski definition) is 6. The van der Waals surface area contributed by atoms with Crippen molar-refractivity contribution in [2.45, 2.75) is 25.2 Å². The highest BCUT2D eigenvalue weighted by Gasteiger charge is 2.28. The van der Waals surface area contributed by atoms with Crippen LogP contribution in [-0.4, -0.2) is 49.7 Å². The third-order valence-corrected chi connectivity index (χ3v) is 5.68. The maximum Gasteiger partial charge on any atom is 0.260 e. The summed E-state index contributed by atoms with van der Waals surface area (Å²) in [6.07, 6.45) is 3.87. The van der Waals surface area contributed by atoms with Crippen LogP contribution in [0.1, 0.15) is 36.0 Å². The zero-order chi connectivity index (χ0) is 23.2. The molecule has 1 aliphatic rings. The number of aromatic nitrogens is 1. The number of halogens is 1. The van der Waals surface area contributed by atoms with Gasteiger partial charge in [0, 0.05) is 19.5 Å². The summed E-state index contributed by atoms with van der Waals surface area (Å²) >= 11 is 0. The molecule has 1 amide bonds. The van der Waals surface area contributed by atoms with E-state index in [0.717, 1.165) is 18.4 Å². The molecule has 174 valence electrons. The van der Waals surface area contributed by atoms with E-state index in [1.54, 1.807) is 35.4 Å². The molecule has 0 radical (unpaired) electrons. The van der Waals surface area contributed by atoms with Gasteiger partial charge in [0.15, 0.2) is 24.0 Å². The van der Waals surface area contributed by atoms with Gasteiger partial charge in [0.2, 0.25) is 5.75 Å². The maximum absolute atomic E-state index is 13.4. The van der Waals surface area contributed by atoms with Gasteiger partial charge in [0.25, 0.3) is 5.91 Å². The molecule has 2 aromatic carbocycles. The van der Waals surface area contributed by atoms with Crippen LogP contribution in [0, 0.1) is 5.82 Å². The monoisotopic (exact) mass is 454 g/mol. The molecule has 4 rings (SSSR count). The molecule has 0 spiro atoms. The topological polar surface area (TPSA) is 74.0 Å². The van der Waals surface area contributed by atoms with Crippen molar-refractivity contribution in [1.29, 1.82) is 0 Å². The van der Waals surface area contributed by atoms with E-state index in [4.69, 9.17) is 18.6 Å². The largest absolute Gasteiger partial charge is 0.493 e. The Morgan fingerprint density at radius 2 is 1.94 bits per heavy atom. The highest BCUT2D eigenvalue weighted by molar-refractivity contribution is 5.78. The molecular formula is C25H27FN2O5. The Kier molecular flexibility index (Phi) is 7.12. The smallest absolute Gasteiger partial charge is 0.260 e. The molecule has 0 aliphatic carbocycles. The fourth-order valence-electron chi connectivity index (χ4n) is 4.03. The van der Waals surface area contributed by atoms with Crippen molar-refractivity contribution in [2.75, 3.05) is 33.9 Å². The van der Waals surface area contributed by atoms with Gasteiger partial charge < -0.3 is 23.5 Å². The zero-order valence-electron chi connectivity index (χ0n) is 18.8. The van der Waals surface area contributed by atoms with Crippen LogP contribution < -0.4 is 14.2 Å². The van der Waals surface area contributed by atoms with Gasteiger partial charge in [-0.05, 0) is 42.7 Å². The Morgan fingerprint density at radius 1 is 1.18 bits per heavy atom. The quantitative estimate of drug-likeness (QED) is 0.508. The summed E-state index contributed by atoms with van der Waals surface area (Å²) in [5.74, 6) is 2.29. The van der Waals surface area contributed by atoms with Gasteiger partial charge in [0.05, 0.1) is 26.3 Å². The van der Waals surface area contributed by atoms with E-state index in [9.17, 15) is 9.18 Å². The van der Waals surface area contributed by atoms with Crippen molar-refractivity contribution in [1.82, 2.24) is 9.88 Å². The molecule has 1 atom stereocenters. The van der Waals surface area contributed by atoms with Gasteiger partial charge >= 0.3 is 0 Å². The standard InChI is InChI=1S/C25H27FN2O5/c1-30-21-9-4-10-22(31-2)24(21)32-16-23(29)28-11-5-7-18(15-28)25-27-14-20(33-25)13-17-6-3-8-19(26)12-17/h3-4,6,8-10,12,14,18H,5,7,11,13,15-16H2,1-2H3/t18-/m0/s1. The Hall–Kier alpha value is -3.55. The number of oxazole rings is 1. The molecule has 1 saturated heterocycles. The van der Waals surface area contributed by atoms with Crippen molar-refractivity contribution >= 4 is 5.91 Å². The second-order valence-electron chi connectivity index (χ2n) is 7.93. The first-order chi connectivity index (χ1) is 16.1. The van der Waals surface area contributed by atoms with Crippen LogP contribution >= 0.6 is 0 Å². The number of piperidine rings is 1. The third kappa shape index (κ3) is 5.45. The van der Waals surface area contributed by atoms with E-state index < -0.39 is 0 Å². The molecule has 0 unspecified atom stereocenters. The molecule has 3 aromatic rings. The summed E-state index contributed by atoms with van der Waals surface area (Å²) in [5.41, 5.74) is 0.821. The van der Waals surface area contributed by atoms with Crippen LogP contribution in [0.4, 0.5) is 4.39 Å². The lowest BCUT2D eigenvalue weighted by Crippen LogP contribution is -2.41. The molecule has 0 N–H and O–H groups in total. The lowest BCUT2D eigenvalue weighted by molar-refractivity contribution is -0.134. The number of ether oxygens (including phenoxy) is 3. The predicted molar refractivity (Wildman–Crippen MR) is 119 cm³/mol. The second kappa shape index (κ2) is 10.4. The molecule has 8 heteroatoms. The number of carbonyl (C=O) groups excluding carboxylic acids is 1. The van der Waals surface area contributed by atoms with Crippen molar-refractivity contribution in [3.05, 3.63) is 71.7 Å². The van der Waals surface area contributed by atoms with E-state index in [2.05, 4.69) is 4.98 Å². The van der Waals surface area contributed by atoms with Gasteiger partial charge in [-0.15, -0.1) is 0 Å². The van der Waals surface area contributed by atoms with Gasteiger partial charge in [-0.2, -0.15) is 0 Å². The molecule has 33 heavy (non-hydrogen) atoms. The molecule has 7 nitrogen and oxygen atoms in total. The lowest BCUT2D eigenvalue weighted by Gasteiger charge is -2.31. The van der Waals surface area contributed by atoms with E-state index in [1.807, 2.05) is 6.07 Å². The minimum absolute atomic E-state index is 0.00440. The lowest BCUT2D eigenvalue weighted by atomic mass is 9.98. The van der Waals surface area contributed by atoms with Crippen LogP contribution in [0.2, 0.25) is 0 Å². The first kappa shape index (κ1) is 22.6. The number of para-hydroxylation sites is 1. The van der Waals surface area contributed by atoms with Gasteiger partial charge in [-0.25, -0.2) is 9.37 Å². The molecule has 0 bridgehead atoms. The SMILES string of the molecule is COc1cccc(OC)c1OCC(=O)N1CCC[C@H](c2ncc(Cc3cccc(F)c3)o2)C1. The average Bonchev–Trinajstić information content (AvgIpc) is 3.30. The van der Waals surface area contributed by atoms with Crippen LogP contribution in [0.5, 0.6) is 17.2 Å². The van der Waals surface area contributed by atoms with Crippen LogP contribution in [-0.2, 0) is 11.2 Å². The van der Waals surface area contributed by atoms with Gasteiger partial charge in [0.1, 0.15) is 11.6 Å². The Balaban J connectivity index is 1.37. The van der Waals surface area contributed by atoms with Gasteiger partial charge in [-0.3, -0.25) is 4.79 Å². The maximum atomic E-state index is 13.4. The molecule has 1 aliphatic heterocycles. The Morgan fingerprint density at radius 3 is 2.67 bits per heavy atom. The van der Waals surface area contributed by atoms with Crippen molar-refractivity contribution < 1.29 is 27.8 Å². The van der Waals surface area contributed by atoms with Gasteiger partial charge in [-0.1, -0.05) is 18.2 Å². The third-order valence-electron chi connectivity index (χ3n) is 5.68. The minimum atomic E-state index is -0.276. The minimum Gasteiger partial charge on any atom is -0.493 e. The summed E-state index contributed by atoms with van der Waals surface area (Å²) < 4.78 is 35.8. The molecule has 2 heterocycles. The Bertz CT molecular complexity index is 1080. The van der Waals surface area contributed by atoms with Crippen LogP contribution in [0.25, 0.3) is 0 Å². The second-order valence-corrected chi connectivity index (χ2v) is 7.93. The summed E-state index contributed by atoms with van der Waals surface area (Å²) in [4.78, 5) is 19.1. The average molecular weight is 454 g/mol. The fraction of sp³-hybridized carbons (Fsp3) is 0.360. The highest BCUT2D eigenvalue weighted by atomic mass is 19.1. The molecular weight excluding hydrogens is 427 g/mol. The van der Waals surface area contributed by atoms with Crippen LogP contribution in [0.15, 0.2) is 53.1 Å². The number of carbonyl (C=O) groups is 1. The Labute approximate surface area is 192 Å². The number of hydrogen-bond donors (Lipinski definition) is 0. The number of nitrogens with zero attached hydrogens (tertiary/aromatic N) is 2. The number of likely N-dealkylation sites (tertiary alicyclic amines) is 1. The first-order valence-electron chi connectivity index (χ1n) is 10.9. The normalized spacial score (nSPS) is 15.8. The number of methoxy groups -OCH3 is 2. The number of rotatable bonds is 8. The molecule has 0 saturated carbocycles. The summed E-state index contributed by atoms with van der Waals surface area (Å²) in [6.45, 7) is 1.03. The summed E-state index contributed by atoms with van der Waals surface area (Å²) in [6, 6.07) is 11.7. The van der Waals surface area contributed by atoms with Crippen molar-refractivity contribution in [2.24, 2.45) is 0 Å². The zero-order valence-corrected chi connectivity index (χ0v) is 18.8. The molecule has 1 fully saturated rings. The first-order valence-corrected chi connectivity index (χ1v) is 10.9. The van der Waals surface area contributed by atoms with Crippen molar-refractivity contribution in [3.63, 3.8) is 0 Å². The van der Waals surface area contributed by atoms with E-state index in [1.165, 1.54) is 26.4 Å². The molecule has 1 aromatic heterocycles. The number of amides is 1. The van der Waals surface area contributed by atoms with E-state index >= 15 is 0 Å². The number of benzene rings is 2. The fourth-order valence-corrected chi connectivity index (χ4v) is 4.03. The van der Waals surface area contributed by atoms with Crippen molar-refractivity contribution in [3.8, 4) is 17.2 Å². The highest BCUT2D eigenvalue weighted by Crippen LogP contribution is 2.37. The summed E-state index contributed by atoms with van der Waals surface area (Å²) in [7, 11) is 3.08.